The first-order valence-electron chi connectivity index (χ1n) is 13.5. The maximum Gasteiger partial charge on any atom is 0.308 e. The highest BCUT2D eigenvalue weighted by molar-refractivity contribution is 8.00. The third-order valence-corrected chi connectivity index (χ3v) is 8.17. The molecule has 0 aliphatic carbocycles. The average Bonchev–Trinajstić information content (AvgIpc) is 3.25. The normalized spacial score (nSPS) is 16.6. The van der Waals surface area contributed by atoms with Crippen LogP contribution in [0.4, 0.5) is 0 Å². The molecule has 1 aliphatic rings. The van der Waals surface area contributed by atoms with E-state index in [9.17, 15) is 24.0 Å². The van der Waals surface area contributed by atoms with Gasteiger partial charge in [-0.2, -0.15) is 0 Å². The molecule has 11 heteroatoms. The second kappa shape index (κ2) is 15.4. The summed E-state index contributed by atoms with van der Waals surface area (Å²) in [5.74, 6) is -2.35. The highest BCUT2D eigenvalue weighted by Crippen LogP contribution is 2.40. The van der Waals surface area contributed by atoms with Crippen LogP contribution in [0.1, 0.15) is 56.6 Å². The zero-order valence-electron chi connectivity index (χ0n) is 24.5. The van der Waals surface area contributed by atoms with E-state index in [1.165, 1.54) is 30.5 Å². The second-order valence-electron chi connectivity index (χ2n) is 10.4. The van der Waals surface area contributed by atoms with Crippen LogP contribution in [-0.2, 0) is 30.3 Å². The molecule has 3 atom stereocenters. The number of nitrogens with one attached hydrogen (secondary N) is 2. The van der Waals surface area contributed by atoms with Crippen LogP contribution in [0.5, 0.6) is 5.75 Å². The van der Waals surface area contributed by atoms with Gasteiger partial charge in [0.05, 0.1) is 11.9 Å². The topological polar surface area (TPSA) is 131 Å². The molecule has 43 heavy (non-hydrogen) atoms. The fourth-order valence-corrected chi connectivity index (χ4v) is 5.94. The van der Waals surface area contributed by atoms with Crippen molar-refractivity contribution in [3.8, 4) is 5.75 Å². The molecule has 2 aromatic carbocycles. The quantitative estimate of drug-likeness (QED) is 0.223. The van der Waals surface area contributed by atoms with Crippen LogP contribution < -0.4 is 15.4 Å². The number of rotatable bonds is 11. The van der Waals surface area contributed by atoms with Crippen molar-refractivity contribution in [2.45, 2.75) is 71.4 Å². The second-order valence-corrected chi connectivity index (χ2v) is 12.0. The molecule has 0 aromatic heterocycles. The summed E-state index contributed by atoms with van der Waals surface area (Å²) in [6.07, 6.45) is 0.259. The lowest BCUT2D eigenvalue weighted by molar-refractivity contribution is -0.162. The van der Waals surface area contributed by atoms with Gasteiger partial charge >= 0.3 is 11.9 Å². The molecule has 1 fully saturated rings. The van der Waals surface area contributed by atoms with E-state index < -0.39 is 46.7 Å². The van der Waals surface area contributed by atoms with Gasteiger partial charge in [-0.15, -0.1) is 18.3 Å². The maximum absolute atomic E-state index is 14.2. The first kappa shape index (κ1) is 35.1. The van der Waals surface area contributed by atoms with E-state index in [1.807, 2.05) is 44.2 Å². The molecule has 2 aromatic rings. The lowest BCUT2D eigenvalue weighted by atomic mass is 9.96. The lowest BCUT2D eigenvalue weighted by Crippen LogP contribution is -2.59. The average molecular weight is 612 g/mol. The molecule has 10 nitrogen and oxygen atoms in total. The molecule has 1 unspecified atom stereocenters. The van der Waals surface area contributed by atoms with E-state index in [2.05, 4.69) is 17.2 Å². The summed E-state index contributed by atoms with van der Waals surface area (Å²) in [6.45, 7) is 11.7. The molecule has 3 rings (SSSR count). The fourth-order valence-electron chi connectivity index (χ4n) is 4.80. The van der Waals surface area contributed by atoms with Gasteiger partial charge in [-0.25, -0.2) is 0 Å². The molecule has 0 radical (unpaired) electrons. The molecule has 1 heterocycles. The molecular weight excluding hydrogens is 570 g/mol. The summed E-state index contributed by atoms with van der Waals surface area (Å²) >= 11 is 1.43. The summed E-state index contributed by atoms with van der Waals surface area (Å²) in [5, 5.41) is 5.65. The summed E-state index contributed by atoms with van der Waals surface area (Å²) in [4.78, 5) is 66.3. The van der Waals surface area contributed by atoms with Gasteiger partial charge in [0.25, 0.3) is 11.8 Å². The highest BCUT2D eigenvalue weighted by Gasteiger charge is 2.50. The van der Waals surface area contributed by atoms with E-state index >= 15 is 0 Å². The van der Waals surface area contributed by atoms with Crippen LogP contribution in [0.2, 0.25) is 0 Å². The molecule has 2 N–H and O–H groups in total. The van der Waals surface area contributed by atoms with E-state index in [-0.39, 0.29) is 43.5 Å². The standard InChI is InChI=1S/C31H37N3O7S.CH4/c1-7-16-32-29(38)27-31(5,6)42-18-34(27)30(39)26(41-21(4)36)24(17-22-12-9-8-10-13-22)33-28(37)23-14-11-15-25(19(23)2)40-20(3)35;/h7-15,24,26-27H,1,16-18H2,2-6H3,(H,32,38)(H,33,37);1H4/t24-,26-,27?;/m0./s1. The number of carbonyl (C=O) groups is 5. The predicted octanol–water partition coefficient (Wildman–Crippen LogP) is 3.81. The molecule has 3 amide bonds. The summed E-state index contributed by atoms with van der Waals surface area (Å²) in [7, 11) is 0. The van der Waals surface area contributed by atoms with Gasteiger partial charge in [-0.05, 0) is 44.9 Å². The highest BCUT2D eigenvalue weighted by atomic mass is 32.2. The van der Waals surface area contributed by atoms with Gasteiger partial charge in [-0.3, -0.25) is 24.0 Å². The first-order valence-corrected chi connectivity index (χ1v) is 14.5. The smallest absolute Gasteiger partial charge is 0.308 e. The van der Waals surface area contributed by atoms with Crippen molar-refractivity contribution in [3.05, 3.63) is 77.9 Å². The van der Waals surface area contributed by atoms with E-state index in [1.54, 1.807) is 31.2 Å². The molecule has 0 bridgehead atoms. The van der Waals surface area contributed by atoms with Crippen molar-refractivity contribution in [1.82, 2.24) is 15.5 Å². The number of thioether (sulfide) groups is 1. The Morgan fingerprint density at radius 1 is 1.07 bits per heavy atom. The van der Waals surface area contributed by atoms with E-state index in [0.29, 0.717) is 5.56 Å². The largest absolute Gasteiger partial charge is 0.450 e. The SMILES string of the molecule is C.C=CCNC(=O)C1N(C(=O)[C@@H](OC(C)=O)[C@H](Cc2ccccc2)NC(=O)c2cccc(OC(C)=O)c2C)CSC1(C)C. The summed E-state index contributed by atoms with van der Waals surface area (Å²) in [5.41, 5.74) is 1.44. The van der Waals surface area contributed by atoms with Crippen LogP contribution in [0.25, 0.3) is 0 Å². The Kier molecular flexibility index (Phi) is 12.5. The number of hydrogen-bond acceptors (Lipinski definition) is 8. The number of nitrogens with zero attached hydrogens (tertiary/aromatic N) is 1. The Bertz CT molecular complexity index is 1350. The van der Waals surface area contributed by atoms with Crippen LogP contribution in [-0.4, -0.2) is 69.9 Å². The lowest BCUT2D eigenvalue weighted by Gasteiger charge is -2.34. The van der Waals surface area contributed by atoms with E-state index in [0.717, 1.165) is 5.56 Å². The van der Waals surface area contributed by atoms with Crippen LogP contribution in [0.15, 0.2) is 61.2 Å². The molecule has 232 valence electrons. The summed E-state index contributed by atoms with van der Waals surface area (Å²) in [6, 6.07) is 12.0. The minimum absolute atomic E-state index is 0. The predicted molar refractivity (Wildman–Crippen MR) is 167 cm³/mol. The number of esters is 2. The number of amides is 3. The van der Waals surface area contributed by atoms with Crippen molar-refractivity contribution < 1.29 is 33.4 Å². The van der Waals surface area contributed by atoms with Crippen LogP contribution in [0, 0.1) is 6.92 Å². The molecule has 0 saturated carbocycles. The zero-order valence-corrected chi connectivity index (χ0v) is 25.3. The molecular formula is C32H41N3O7S. The third kappa shape index (κ3) is 8.93. The Labute approximate surface area is 257 Å². The van der Waals surface area contributed by atoms with Crippen molar-refractivity contribution in [2.75, 3.05) is 12.4 Å². The molecule has 1 aliphatic heterocycles. The maximum atomic E-state index is 14.2. The zero-order chi connectivity index (χ0) is 31.0. The van der Waals surface area contributed by atoms with Gasteiger partial charge in [0.1, 0.15) is 11.8 Å². The van der Waals surface area contributed by atoms with Crippen molar-refractivity contribution >= 4 is 41.4 Å². The Morgan fingerprint density at radius 3 is 2.35 bits per heavy atom. The van der Waals surface area contributed by atoms with Crippen molar-refractivity contribution in [3.63, 3.8) is 0 Å². The van der Waals surface area contributed by atoms with E-state index in [4.69, 9.17) is 9.47 Å². The Hall–Kier alpha value is -4.12. The number of hydrogen-bond donors (Lipinski definition) is 2. The Balaban J connectivity index is 0.00000645. The number of benzene rings is 2. The number of ether oxygens (including phenoxy) is 2. The van der Waals surface area contributed by atoms with Crippen LogP contribution >= 0.6 is 11.8 Å². The minimum Gasteiger partial charge on any atom is -0.450 e. The van der Waals surface area contributed by atoms with Crippen molar-refractivity contribution in [2.24, 2.45) is 0 Å². The minimum atomic E-state index is -1.44. The van der Waals surface area contributed by atoms with Gasteiger partial charge in [-0.1, -0.05) is 49.9 Å². The van der Waals surface area contributed by atoms with Crippen LogP contribution in [0.3, 0.4) is 0 Å². The molecule has 0 spiro atoms. The Morgan fingerprint density at radius 2 is 1.74 bits per heavy atom. The first-order chi connectivity index (χ1) is 19.9. The van der Waals surface area contributed by atoms with Gasteiger partial charge in [0.15, 0.2) is 0 Å². The third-order valence-electron chi connectivity index (χ3n) is 6.80. The summed E-state index contributed by atoms with van der Waals surface area (Å²) < 4.78 is 10.2. The van der Waals surface area contributed by atoms with Gasteiger partial charge in [0.2, 0.25) is 12.0 Å². The fraction of sp³-hybridized carbons (Fsp3) is 0.406. The van der Waals surface area contributed by atoms with Gasteiger partial charge < -0.3 is 25.0 Å². The monoisotopic (exact) mass is 611 g/mol. The number of carbonyl (C=O) groups excluding carboxylic acids is 5. The van der Waals surface area contributed by atoms with Gasteiger partial charge in [0, 0.05) is 36.3 Å². The molecule has 1 saturated heterocycles. The van der Waals surface area contributed by atoms with Crippen molar-refractivity contribution in [1.29, 1.82) is 0 Å².